The fourth-order valence-electron chi connectivity index (χ4n) is 3.36. The van der Waals surface area contributed by atoms with Gasteiger partial charge in [0.2, 0.25) is 5.82 Å². The van der Waals surface area contributed by atoms with Gasteiger partial charge in [0.05, 0.1) is 4.92 Å². The lowest BCUT2D eigenvalue weighted by molar-refractivity contribution is -0.385. The number of hydrogen-bond acceptors (Lipinski definition) is 6. The molecule has 0 radical (unpaired) electrons. The third kappa shape index (κ3) is 3.15. The van der Waals surface area contributed by atoms with Crippen LogP contribution in [-0.4, -0.2) is 20.9 Å². The third-order valence-corrected chi connectivity index (χ3v) is 4.62. The van der Waals surface area contributed by atoms with E-state index in [9.17, 15) is 10.1 Å². The molecule has 7 heteroatoms. The lowest BCUT2D eigenvalue weighted by atomic mass is 10.1. The molecule has 26 heavy (non-hydrogen) atoms. The Morgan fingerprint density at radius 3 is 2.65 bits per heavy atom. The van der Waals surface area contributed by atoms with Gasteiger partial charge in [-0.05, 0) is 24.3 Å². The van der Waals surface area contributed by atoms with Crippen molar-refractivity contribution >= 4 is 22.3 Å². The quantitative estimate of drug-likeness (QED) is 0.530. The van der Waals surface area contributed by atoms with E-state index in [4.69, 9.17) is 4.74 Å². The summed E-state index contributed by atoms with van der Waals surface area (Å²) in [4.78, 5) is 19.3. The number of aromatic nitrogens is 2. The molecule has 1 N–H and O–H groups in total. The second-order valence-electron chi connectivity index (χ2n) is 6.34. The number of ether oxygens (including phenoxy) is 1. The van der Waals surface area contributed by atoms with Gasteiger partial charge in [0.25, 0.3) is 0 Å². The van der Waals surface area contributed by atoms with Gasteiger partial charge in [0.15, 0.2) is 0 Å². The minimum atomic E-state index is -0.488. The van der Waals surface area contributed by atoms with Gasteiger partial charge in [-0.25, -0.2) is 4.98 Å². The zero-order chi connectivity index (χ0) is 17.9. The van der Waals surface area contributed by atoms with Crippen molar-refractivity contribution in [3.63, 3.8) is 0 Å². The average Bonchev–Trinajstić information content (AvgIpc) is 3.15. The molecule has 1 heterocycles. The van der Waals surface area contributed by atoms with Crippen molar-refractivity contribution in [2.24, 2.45) is 0 Å². The van der Waals surface area contributed by atoms with E-state index in [1.165, 1.54) is 6.33 Å². The Bertz CT molecular complexity index is 949. The van der Waals surface area contributed by atoms with Gasteiger partial charge < -0.3 is 10.1 Å². The lowest BCUT2D eigenvalue weighted by Gasteiger charge is -2.14. The van der Waals surface area contributed by atoms with Crippen molar-refractivity contribution in [3.8, 4) is 11.6 Å². The van der Waals surface area contributed by atoms with E-state index < -0.39 is 4.92 Å². The molecule has 0 bridgehead atoms. The zero-order valence-corrected chi connectivity index (χ0v) is 14.1. The number of rotatable bonds is 5. The fraction of sp³-hybridized carbons (Fsp3) is 0.263. The second-order valence-corrected chi connectivity index (χ2v) is 6.34. The summed E-state index contributed by atoms with van der Waals surface area (Å²) in [5.74, 6) is 0.686. The van der Waals surface area contributed by atoms with Crippen molar-refractivity contribution < 1.29 is 9.66 Å². The molecular weight excluding hydrogens is 332 g/mol. The molecule has 0 amide bonds. The Kier molecular flexibility index (Phi) is 4.35. The monoisotopic (exact) mass is 350 g/mol. The number of hydrogen-bond donors (Lipinski definition) is 1. The summed E-state index contributed by atoms with van der Waals surface area (Å²) in [6.07, 6.45) is 5.51. The number of fused-ring (bicyclic) bond motifs is 1. The summed E-state index contributed by atoms with van der Waals surface area (Å²) in [6.45, 7) is 0. The first-order chi connectivity index (χ1) is 12.7. The number of nitrogens with one attached hydrogen (secondary N) is 1. The maximum absolute atomic E-state index is 11.7. The molecule has 3 aromatic rings. The number of benzene rings is 2. The highest BCUT2D eigenvalue weighted by atomic mass is 16.6. The van der Waals surface area contributed by atoms with Gasteiger partial charge in [0.1, 0.15) is 12.1 Å². The highest BCUT2D eigenvalue weighted by Crippen LogP contribution is 2.37. The third-order valence-electron chi connectivity index (χ3n) is 4.62. The fourth-order valence-corrected chi connectivity index (χ4v) is 3.36. The van der Waals surface area contributed by atoms with E-state index in [2.05, 4.69) is 15.3 Å². The molecule has 0 atom stereocenters. The Labute approximate surface area is 150 Å². The van der Waals surface area contributed by atoms with Gasteiger partial charge in [-0.2, -0.15) is 4.98 Å². The average molecular weight is 350 g/mol. The maximum Gasteiger partial charge on any atom is 0.373 e. The number of nitro groups is 1. The van der Waals surface area contributed by atoms with E-state index in [0.717, 1.165) is 36.5 Å². The van der Waals surface area contributed by atoms with Crippen LogP contribution in [0.4, 0.5) is 11.5 Å². The standard InChI is InChI=1S/C19H18N4O3/c24-23(25)17-18(22-14-8-2-3-9-14)20-12-21-19(17)26-16-11-5-7-13-6-1-4-10-15(13)16/h1,4-7,10-12,14H,2-3,8-9H2,(H,20,21,22). The molecule has 2 aromatic carbocycles. The van der Waals surface area contributed by atoms with Crippen LogP contribution in [-0.2, 0) is 0 Å². The van der Waals surface area contributed by atoms with Crippen molar-refractivity contribution in [2.45, 2.75) is 31.7 Å². The molecule has 7 nitrogen and oxygen atoms in total. The Morgan fingerprint density at radius 1 is 1.08 bits per heavy atom. The van der Waals surface area contributed by atoms with Crippen molar-refractivity contribution in [2.75, 3.05) is 5.32 Å². The summed E-state index contributed by atoms with van der Waals surface area (Å²) in [5, 5.41) is 16.7. The van der Waals surface area contributed by atoms with E-state index >= 15 is 0 Å². The topological polar surface area (TPSA) is 90.2 Å². The first-order valence-electron chi connectivity index (χ1n) is 8.64. The van der Waals surface area contributed by atoms with Gasteiger partial charge >= 0.3 is 11.6 Å². The van der Waals surface area contributed by atoms with Crippen LogP contribution in [0.25, 0.3) is 10.8 Å². The maximum atomic E-state index is 11.7. The molecule has 132 valence electrons. The molecule has 1 saturated carbocycles. The lowest BCUT2D eigenvalue weighted by Crippen LogP contribution is -2.17. The molecule has 1 aliphatic carbocycles. The first-order valence-corrected chi connectivity index (χ1v) is 8.64. The molecule has 0 saturated heterocycles. The smallest absolute Gasteiger partial charge is 0.373 e. The molecule has 4 rings (SSSR count). The number of anilines is 1. The van der Waals surface area contributed by atoms with Gasteiger partial charge in [-0.3, -0.25) is 10.1 Å². The molecular formula is C19H18N4O3. The summed E-state index contributed by atoms with van der Waals surface area (Å²) < 4.78 is 5.86. The van der Waals surface area contributed by atoms with Crippen LogP contribution in [0.1, 0.15) is 25.7 Å². The van der Waals surface area contributed by atoms with Gasteiger partial charge in [-0.15, -0.1) is 0 Å². The predicted octanol–water partition coefficient (Wildman–Crippen LogP) is 4.68. The summed E-state index contributed by atoms with van der Waals surface area (Å²) >= 11 is 0. The van der Waals surface area contributed by atoms with E-state index in [-0.39, 0.29) is 23.4 Å². The van der Waals surface area contributed by atoms with Crippen LogP contribution < -0.4 is 10.1 Å². The van der Waals surface area contributed by atoms with Crippen LogP contribution in [0.15, 0.2) is 48.8 Å². The van der Waals surface area contributed by atoms with Gasteiger partial charge in [-0.1, -0.05) is 49.2 Å². The molecule has 0 aliphatic heterocycles. The molecule has 0 spiro atoms. The molecule has 1 aliphatic rings. The van der Waals surface area contributed by atoms with E-state index in [0.29, 0.717) is 5.75 Å². The molecule has 1 fully saturated rings. The zero-order valence-electron chi connectivity index (χ0n) is 14.1. The first kappa shape index (κ1) is 16.3. The molecule has 0 unspecified atom stereocenters. The Balaban J connectivity index is 1.72. The van der Waals surface area contributed by atoms with Gasteiger partial charge in [0, 0.05) is 11.4 Å². The van der Waals surface area contributed by atoms with Crippen molar-refractivity contribution in [1.29, 1.82) is 0 Å². The summed E-state index contributed by atoms with van der Waals surface area (Å²) in [7, 11) is 0. The van der Waals surface area contributed by atoms with Crippen molar-refractivity contribution in [1.82, 2.24) is 9.97 Å². The van der Waals surface area contributed by atoms with Crippen LogP contribution >= 0.6 is 0 Å². The minimum absolute atomic E-state index is 0.0538. The van der Waals surface area contributed by atoms with E-state index in [1.54, 1.807) is 6.07 Å². The van der Waals surface area contributed by atoms with Crippen LogP contribution in [0.3, 0.4) is 0 Å². The second kappa shape index (κ2) is 6.95. The normalized spacial score (nSPS) is 14.5. The number of nitrogens with zero attached hydrogens (tertiary/aromatic N) is 3. The summed E-state index contributed by atoms with van der Waals surface area (Å²) in [5.41, 5.74) is -0.229. The molecule has 1 aromatic heterocycles. The van der Waals surface area contributed by atoms with Crippen LogP contribution in [0.2, 0.25) is 0 Å². The summed E-state index contributed by atoms with van der Waals surface area (Å²) in [6, 6.07) is 13.5. The van der Waals surface area contributed by atoms with Crippen LogP contribution in [0.5, 0.6) is 11.6 Å². The highest BCUT2D eigenvalue weighted by Gasteiger charge is 2.27. The Hall–Kier alpha value is -3.22. The highest BCUT2D eigenvalue weighted by molar-refractivity contribution is 5.88. The largest absolute Gasteiger partial charge is 0.433 e. The van der Waals surface area contributed by atoms with Crippen LogP contribution in [0, 0.1) is 10.1 Å². The van der Waals surface area contributed by atoms with Crippen molar-refractivity contribution in [3.05, 3.63) is 58.9 Å². The SMILES string of the molecule is O=[N+]([O-])c1c(NC2CCCC2)ncnc1Oc1cccc2ccccc12. The Morgan fingerprint density at radius 2 is 1.85 bits per heavy atom. The minimum Gasteiger partial charge on any atom is -0.433 e. The van der Waals surface area contributed by atoms with E-state index in [1.807, 2.05) is 36.4 Å². The predicted molar refractivity (Wildman–Crippen MR) is 98.6 cm³/mol.